The molecule has 0 radical (unpaired) electrons. The molecular weight excluding hydrogens is 251 g/mol. The summed E-state index contributed by atoms with van der Waals surface area (Å²) in [6.45, 7) is 3.58. The summed E-state index contributed by atoms with van der Waals surface area (Å²) in [6.07, 6.45) is 1.70. The number of thiazole rings is 1. The Labute approximate surface area is 109 Å². The van der Waals surface area contributed by atoms with Crippen LogP contribution in [0.5, 0.6) is 0 Å². The lowest BCUT2D eigenvalue weighted by molar-refractivity contribution is 0.0939. The quantitative estimate of drug-likeness (QED) is 0.925. The Bertz CT molecular complexity index is 554. The van der Waals surface area contributed by atoms with E-state index in [0.717, 1.165) is 5.01 Å². The van der Waals surface area contributed by atoms with Gasteiger partial charge in [-0.25, -0.2) is 9.37 Å². The third-order valence-corrected chi connectivity index (χ3v) is 3.56. The zero-order valence-corrected chi connectivity index (χ0v) is 10.9. The fourth-order valence-corrected chi connectivity index (χ4v) is 2.31. The monoisotopic (exact) mass is 264 g/mol. The summed E-state index contributed by atoms with van der Waals surface area (Å²) >= 11 is 1.49. The number of amides is 1. The maximum Gasteiger partial charge on any atom is 0.252 e. The molecule has 1 heterocycles. The van der Waals surface area contributed by atoms with Gasteiger partial charge >= 0.3 is 0 Å². The van der Waals surface area contributed by atoms with Gasteiger partial charge in [0.25, 0.3) is 5.91 Å². The summed E-state index contributed by atoms with van der Waals surface area (Å²) < 4.78 is 13.0. The van der Waals surface area contributed by atoms with E-state index in [1.807, 2.05) is 12.3 Å². The highest BCUT2D eigenvalue weighted by Crippen LogP contribution is 2.16. The molecule has 1 unspecified atom stereocenters. The molecule has 1 aromatic heterocycles. The number of hydrogen-bond donors (Lipinski definition) is 1. The van der Waals surface area contributed by atoms with Gasteiger partial charge < -0.3 is 5.32 Å². The molecule has 0 saturated heterocycles. The van der Waals surface area contributed by atoms with E-state index in [-0.39, 0.29) is 17.8 Å². The summed E-state index contributed by atoms with van der Waals surface area (Å²) in [5, 5.41) is 5.56. The average molecular weight is 264 g/mol. The van der Waals surface area contributed by atoms with Crippen molar-refractivity contribution in [1.29, 1.82) is 0 Å². The molecule has 0 saturated carbocycles. The van der Waals surface area contributed by atoms with E-state index in [2.05, 4.69) is 10.3 Å². The molecule has 0 aliphatic heterocycles. The van der Waals surface area contributed by atoms with Crippen molar-refractivity contribution in [3.63, 3.8) is 0 Å². The van der Waals surface area contributed by atoms with Crippen LogP contribution in [-0.4, -0.2) is 10.9 Å². The van der Waals surface area contributed by atoms with Gasteiger partial charge in [0.2, 0.25) is 0 Å². The fourth-order valence-electron chi connectivity index (χ4n) is 1.67. The Morgan fingerprint density at radius 1 is 1.50 bits per heavy atom. The lowest BCUT2D eigenvalue weighted by Crippen LogP contribution is -2.27. The lowest BCUT2D eigenvalue weighted by atomic mass is 10.1. The topological polar surface area (TPSA) is 42.0 Å². The van der Waals surface area contributed by atoms with E-state index >= 15 is 0 Å². The molecule has 1 amide bonds. The molecule has 0 fully saturated rings. The van der Waals surface area contributed by atoms with Gasteiger partial charge in [0.1, 0.15) is 10.8 Å². The van der Waals surface area contributed by atoms with Crippen molar-refractivity contribution in [2.45, 2.75) is 19.9 Å². The molecule has 1 aromatic carbocycles. The molecule has 2 rings (SSSR count). The van der Waals surface area contributed by atoms with Crippen LogP contribution < -0.4 is 5.32 Å². The minimum absolute atomic E-state index is 0.151. The maximum absolute atomic E-state index is 13.0. The van der Waals surface area contributed by atoms with Crippen LogP contribution in [0.4, 0.5) is 4.39 Å². The Kier molecular flexibility index (Phi) is 3.72. The highest BCUT2D eigenvalue weighted by atomic mass is 32.1. The highest BCUT2D eigenvalue weighted by molar-refractivity contribution is 7.09. The van der Waals surface area contributed by atoms with Crippen LogP contribution in [0.25, 0.3) is 0 Å². The van der Waals surface area contributed by atoms with Gasteiger partial charge in [-0.05, 0) is 37.6 Å². The number of halogens is 1. The normalized spacial score (nSPS) is 12.2. The van der Waals surface area contributed by atoms with Crippen molar-refractivity contribution in [2.24, 2.45) is 0 Å². The number of nitrogens with zero attached hydrogens (tertiary/aromatic N) is 1. The molecule has 0 aliphatic carbocycles. The van der Waals surface area contributed by atoms with E-state index in [1.54, 1.807) is 13.1 Å². The Balaban J connectivity index is 2.12. The van der Waals surface area contributed by atoms with E-state index in [0.29, 0.717) is 11.1 Å². The van der Waals surface area contributed by atoms with Crippen LogP contribution >= 0.6 is 11.3 Å². The molecule has 1 N–H and O–H groups in total. The predicted molar refractivity (Wildman–Crippen MR) is 69.1 cm³/mol. The predicted octanol–water partition coefficient (Wildman–Crippen LogP) is 3.08. The van der Waals surface area contributed by atoms with Gasteiger partial charge in [0, 0.05) is 17.1 Å². The summed E-state index contributed by atoms with van der Waals surface area (Å²) in [6, 6.07) is 3.98. The fraction of sp³-hybridized carbons (Fsp3) is 0.231. The molecule has 3 nitrogen and oxygen atoms in total. The van der Waals surface area contributed by atoms with Crippen LogP contribution in [0.15, 0.2) is 29.8 Å². The first-order valence-corrected chi connectivity index (χ1v) is 6.42. The third kappa shape index (κ3) is 2.73. The van der Waals surface area contributed by atoms with Gasteiger partial charge in [-0.15, -0.1) is 11.3 Å². The van der Waals surface area contributed by atoms with Crippen LogP contribution in [0.1, 0.15) is 33.9 Å². The molecule has 1 atom stereocenters. The van der Waals surface area contributed by atoms with Crippen molar-refractivity contribution in [3.8, 4) is 0 Å². The van der Waals surface area contributed by atoms with Crippen LogP contribution in [0.2, 0.25) is 0 Å². The van der Waals surface area contributed by atoms with Crippen LogP contribution in [-0.2, 0) is 0 Å². The van der Waals surface area contributed by atoms with Crippen LogP contribution in [0, 0.1) is 12.7 Å². The number of benzene rings is 1. The number of carbonyl (C=O) groups is 1. The first-order chi connectivity index (χ1) is 8.58. The van der Waals surface area contributed by atoms with Crippen molar-refractivity contribution < 1.29 is 9.18 Å². The number of aromatic nitrogens is 1. The Morgan fingerprint density at radius 3 is 2.89 bits per heavy atom. The molecule has 0 bridgehead atoms. The number of aryl methyl sites for hydroxylation is 1. The van der Waals surface area contributed by atoms with Crippen molar-refractivity contribution in [3.05, 3.63) is 51.7 Å². The van der Waals surface area contributed by atoms with E-state index < -0.39 is 0 Å². The molecule has 18 heavy (non-hydrogen) atoms. The van der Waals surface area contributed by atoms with Crippen molar-refractivity contribution in [2.75, 3.05) is 0 Å². The number of nitrogens with one attached hydrogen (secondary N) is 1. The molecule has 0 aliphatic rings. The summed E-state index contributed by atoms with van der Waals surface area (Å²) in [4.78, 5) is 16.2. The largest absolute Gasteiger partial charge is 0.343 e. The molecule has 0 spiro atoms. The highest BCUT2D eigenvalue weighted by Gasteiger charge is 2.14. The summed E-state index contributed by atoms with van der Waals surface area (Å²) in [5.74, 6) is -0.549. The number of hydrogen-bond acceptors (Lipinski definition) is 3. The average Bonchev–Trinajstić information content (AvgIpc) is 2.81. The van der Waals surface area contributed by atoms with E-state index in [1.165, 1.54) is 29.5 Å². The Hall–Kier alpha value is -1.75. The molecule has 5 heteroatoms. The number of rotatable bonds is 3. The first-order valence-electron chi connectivity index (χ1n) is 5.54. The second kappa shape index (κ2) is 5.27. The van der Waals surface area contributed by atoms with Crippen molar-refractivity contribution in [1.82, 2.24) is 10.3 Å². The number of carbonyl (C=O) groups excluding carboxylic acids is 1. The van der Waals surface area contributed by atoms with E-state index in [9.17, 15) is 9.18 Å². The zero-order chi connectivity index (χ0) is 13.1. The third-order valence-electron chi connectivity index (χ3n) is 2.60. The zero-order valence-electron chi connectivity index (χ0n) is 10.1. The first kappa shape index (κ1) is 12.7. The minimum Gasteiger partial charge on any atom is -0.343 e. The molecule has 94 valence electrons. The summed E-state index contributed by atoms with van der Waals surface area (Å²) in [5.41, 5.74) is 1.11. The lowest BCUT2D eigenvalue weighted by Gasteiger charge is -2.12. The summed E-state index contributed by atoms with van der Waals surface area (Å²) in [7, 11) is 0. The smallest absolute Gasteiger partial charge is 0.252 e. The second-order valence-corrected chi connectivity index (χ2v) is 4.95. The van der Waals surface area contributed by atoms with Crippen LogP contribution in [0.3, 0.4) is 0 Å². The van der Waals surface area contributed by atoms with Gasteiger partial charge in [0.05, 0.1) is 6.04 Å². The standard InChI is InChI=1S/C13H13FN2OS/c1-8-7-10(14)3-4-11(8)12(17)16-9(2)13-15-5-6-18-13/h3-7,9H,1-2H3,(H,16,17). The second-order valence-electron chi connectivity index (χ2n) is 4.02. The SMILES string of the molecule is Cc1cc(F)ccc1C(=O)NC(C)c1nccs1. The minimum atomic E-state index is -0.336. The van der Waals surface area contributed by atoms with Gasteiger partial charge in [0.15, 0.2) is 0 Å². The van der Waals surface area contributed by atoms with Gasteiger partial charge in [-0.1, -0.05) is 0 Å². The molecular formula is C13H13FN2OS. The van der Waals surface area contributed by atoms with Gasteiger partial charge in [-0.2, -0.15) is 0 Å². The Morgan fingerprint density at radius 2 is 2.28 bits per heavy atom. The maximum atomic E-state index is 13.0. The van der Waals surface area contributed by atoms with Crippen molar-refractivity contribution >= 4 is 17.2 Å². The van der Waals surface area contributed by atoms with Gasteiger partial charge in [-0.3, -0.25) is 4.79 Å². The van der Waals surface area contributed by atoms with E-state index in [4.69, 9.17) is 0 Å². The molecule has 2 aromatic rings.